The summed E-state index contributed by atoms with van der Waals surface area (Å²) in [6.45, 7) is 2.04. The number of rotatable bonds is 4. The summed E-state index contributed by atoms with van der Waals surface area (Å²) in [5, 5.41) is 2.98. The van der Waals surface area contributed by atoms with E-state index >= 15 is 0 Å². The number of carbonyl (C=O) groups excluding carboxylic acids is 1. The van der Waals surface area contributed by atoms with Crippen LogP contribution in [0.4, 0.5) is 0 Å². The lowest BCUT2D eigenvalue weighted by atomic mass is 10.1. The van der Waals surface area contributed by atoms with Gasteiger partial charge in [0.05, 0.1) is 6.04 Å². The van der Waals surface area contributed by atoms with Gasteiger partial charge in [-0.05, 0) is 18.6 Å². The number of carbonyl (C=O) groups is 1. The molecule has 1 aliphatic heterocycles. The summed E-state index contributed by atoms with van der Waals surface area (Å²) in [4.78, 5) is 11.4. The average molecular weight is 202 g/mol. The normalized spacial score (nSPS) is 24.3. The van der Waals surface area contributed by atoms with Crippen molar-refractivity contribution in [1.29, 1.82) is 0 Å². The molecule has 1 heterocycles. The smallest absolute Gasteiger partial charge is 0.237 e. The van der Waals surface area contributed by atoms with E-state index in [0.29, 0.717) is 6.04 Å². The van der Waals surface area contributed by atoms with Crippen molar-refractivity contribution in [1.82, 2.24) is 5.32 Å². The second kappa shape index (κ2) is 5.50. The van der Waals surface area contributed by atoms with Crippen LogP contribution in [-0.2, 0) is 4.79 Å². The van der Waals surface area contributed by atoms with Crippen LogP contribution in [0.3, 0.4) is 0 Å². The SMILES string of the molecule is CCC[C@@H](N)C(=O)NC1CCSC1. The van der Waals surface area contributed by atoms with Crippen molar-refractivity contribution >= 4 is 17.7 Å². The van der Waals surface area contributed by atoms with Gasteiger partial charge in [0.2, 0.25) is 5.91 Å². The molecule has 0 aromatic heterocycles. The zero-order valence-electron chi connectivity index (χ0n) is 8.08. The fourth-order valence-corrected chi connectivity index (χ4v) is 2.55. The Morgan fingerprint density at radius 2 is 2.54 bits per heavy atom. The summed E-state index contributed by atoms with van der Waals surface area (Å²) in [5.74, 6) is 2.23. The number of thioether (sulfide) groups is 1. The lowest BCUT2D eigenvalue weighted by molar-refractivity contribution is -0.123. The summed E-state index contributed by atoms with van der Waals surface area (Å²) in [6, 6.07) is 0.0519. The van der Waals surface area contributed by atoms with Crippen LogP contribution in [0.2, 0.25) is 0 Å². The highest BCUT2D eigenvalue weighted by atomic mass is 32.2. The predicted octanol–water partition coefficient (Wildman–Crippen LogP) is 0.735. The molecular weight excluding hydrogens is 184 g/mol. The fraction of sp³-hybridized carbons (Fsp3) is 0.889. The Balaban J connectivity index is 2.22. The molecule has 1 saturated heterocycles. The van der Waals surface area contributed by atoms with Crippen LogP contribution in [0, 0.1) is 0 Å². The van der Waals surface area contributed by atoms with Crippen LogP contribution in [0.15, 0.2) is 0 Å². The number of hydrogen-bond acceptors (Lipinski definition) is 3. The van der Waals surface area contributed by atoms with E-state index in [-0.39, 0.29) is 11.9 Å². The summed E-state index contributed by atoms with van der Waals surface area (Å²) < 4.78 is 0. The third-order valence-corrected chi connectivity index (χ3v) is 3.37. The molecule has 0 radical (unpaired) electrons. The molecule has 4 heteroatoms. The molecule has 1 rings (SSSR count). The Bertz CT molecular complexity index is 169. The number of nitrogens with two attached hydrogens (primary N) is 1. The minimum absolute atomic E-state index is 0.0225. The largest absolute Gasteiger partial charge is 0.351 e. The van der Waals surface area contributed by atoms with Crippen molar-refractivity contribution in [2.24, 2.45) is 5.73 Å². The lowest BCUT2D eigenvalue weighted by Gasteiger charge is -2.15. The minimum Gasteiger partial charge on any atom is -0.351 e. The summed E-state index contributed by atoms with van der Waals surface area (Å²) in [7, 11) is 0. The summed E-state index contributed by atoms with van der Waals surface area (Å²) in [5.41, 5.74) is 5.69. The van der Waals surface area contributed by atoms with E-state index in [2.05, 4.69) is 5.32 Å². The van der Waals surface area contributed by atoms with E-state index in [0.717, 1.165) is 30.8 Å². The van der Waals surface area contributed by atoms with Crippen LogP contribution < -0.4 is 11.1 Å². The molecule has 0 aromatic rings. The van der Waals surface area contributed by atoms with Gasteiger partial charge in [-0.15, -0.1) is 0 Å². The minimum atomic E-state index is -0.310. The topological polar surface area (TPSA) is 55.1 Å². The Labute approximate surface area is 83.8 Å². The van der Waals surface area contributed by atoms with E-state index in [9.17, 15) is 4.79 Å². The first-order valence-corrected chi connectivity index (χ1v) is 6.03. The van der Waals surface area contributed by atoms with Crippen molar-refractivity contribution in [2.45, 2.75) is 38.3 Å². The first kappa shape index (κ1) is 10.9. The fourth-order valence-electron chi connectivity index (χ4n) is 1.40. The van der Waals surface area contributed by atoms with Gasteiger partial charge in [0.25, 0.3) is 0 Å². The van der Waals surface area contributed by atoms with Gasteiger partial charge in [0.1, 0.15) is 0 Å². The number of hydrogen-bond donors (Lipinski definition) is 2. The van der Waals surface area contributed by atoms with Crippen LogP contribution >= 0.6 is 11.8 Å². The maximum atomic E-state index is 11.4. The monoisotopic (exact) mass is 202 g/mol. The Morgan fingerprint density at radius 1 is 1.77 bits per heavy atom. The molecular formula is C9H18N2OS. The van der Waals surface area contributed by atoms with Crippen LogP contribution in [0.5, 0.6) is 0 Å². The molecule has 1 fully saturated rings. The molecule has 0 aliphatic carbocycles. The number of nitrogens with one attached hydrogen (secondary N) is 1. The van der Waals surface area contributed by atoms with Gasteiger partial charge in [-0.2, -0.15) is 11.8 Å². The second-order valence-electron chi connectivity index (χ2n) is 3.46. The standard InChI is InChI=1S/C9H18N2OS/c1-2-3-8(10)9(12)11-7-4-5-13-6-7/h7-8H,2-6,10H2,1H3,(H,11,12)/t7?,8-/m1/s1. The first-order chi connectivity index (χ1) is 6.24. The molecule has 1 unspecified atom stereocenters. The molecule has 3 N–H and O–H groups in total. The highest BCUT2D eigenvalue weighted by molar-refractivity contribution is 7.99. The first-order valence-electron chi connectivity index (χ1n) is 4.87. The van der Waals surface area contributed by atoms with Gasteiger partial charge in [-0.1, -0.05) is 13.3 Å². The maximum absolute atomic E-state index is 11.4. The predicted molar refractivity (Wildman–Crippen MR) is 56.8 cm³/mol. The van der Waals surface area contributed by atoms with Crippen molar-refractivity contribution in [3.05, 3.63) is 0 Å². The highest BCUT2D eigenvalue weighted by Crippen LogP contribution is 2.16. The molecule has 1 aliphatic rings. The molecule has 13 heavy (non-hydrogen) atoms. The quantitative estimate of drug-likeness (QED) is 0.707. The average Bonchev–Trinajstić information content (AvgIpc) is 2.57. The van der Waals surface area contributed by atoms with E-state index < -0.39 is 0 Å². The van der Waals surface area contributed by atoms with Crippen molar-refractivity contribution in [2.75, 3.05) is 11.5 Å². The molecule has 76 valence electrons. The highest BCUT2D eigenvalue weighted by Gasteiger charge is 2.20. The van der Waals surface area contributed by atoms with E-state index in [1.807, 2.05) is 18.7 Å². The lowest BCUT2D eigenvalue weighted by Crippen LogP contribution is -2.45. The third-order valence-electron chi connectivity index (χ3n) is 2.21. The maximum Gasteiger partial charge on any atom is 0.237 e. The molecule has 3 nitrogen and oxygen atoms in total. The van der Waals surface area contributed by atoms with Gasteiger partial charge in [0.15, 0.2) is 0 Å². The van der Waals surface area contributed by atoms with Crippen molar-refractivity contribution in [3.8, 4) is 0 Å². The Kier molecular flexibility index (Phi) is 4.59. The number of amides is 1. The van der Waals surface area contributed by atoms with Crippen LogP contribution in [0.25, 0.3) is 0 Å². The van der Waals surface area contributed by atoms with Gasteiger partial charge < -0.3 is 11.1 Å². The van der Waals surface area contributed by atoms with Gasteiger partial charge >= 0.3 is 0 Å². The van der Waals surface area contributed by atoms with Crippen molar-refractivity contribution < 1.29 is 4.79 Å². The molecule has 0 aromatic carbocycles. The Hall–Kier alpha value is -0.220. The van der Waals surface area contributed by atoms with E-state index in [1.54, 1.807) is 0 Å². The van der Waals surface area contributed by atoms with Crippen LogP contribution in [0.1, 0.15) is 26.2 Å². The summed E-state index contributed by atoms with van der Waals surface area (Å²) in [6.07, 6.45) is 2.84. The van der Waals surface area contributed by atoms with E-state index in [1.165, 1.54) is 0 Å². The van der Waals surface area contributed by atoms with Gasteiger partial charge in [0, 0.05) is 11.8 Å². The summed E-state index contributed by atoms with van der Waals surface area (Å²) >= 11 is 1.89. The van der Waals surface area contributed by atoms with Gasteiger partial charge in [-0.3, -0.25) is 4.79 Å². The molecule has 0 bridgehead atoms. The van der Waals surface area contributed by atoms with Gasteiger partial charge in [-0.25, -0.2) is 0 Å². The van der Waals surface area contributed by atoms with E-state index in [4.69, 9.17) is 5.73 Å². The van der Waals surface area contributed by atoms with Crippen molar-refractivity contribution in [3.63, 3.8) is 0 Å². The molecule has 2 atom stereocenters. The molecule has 0 saturated carbocycles. The zero-order valence-corrected chi connectivity index (χ0v) is 8.90. The molecule has 1 amide bonds. The second-order valence-corrected chi connectivity index (χ2v) is 4.61. The third kappa shape index (κ3) is 3.56. The Morgan fingerprint density at radius 3 is 3.08 bits per heavy atom. The van der Waals surface area contributed by atoms with Crippen LogP contribution in [-0.4, -0.2) is 29.5 Å². The molecule has 0 spiro atoms. The zero-order chi connectivity index (χ0) is 9.68.